The molecule has 0 aromatic carbocycles. The van der Waals surface area contributed by atoms with Gasteiger partial charge in [0.2, 0.25) is 0 Å². The second-order valence-electron chi connectivity index (χ2n) is 5.88. The van der Waals surface area contributed by atoms with Crippen LogP contribution in [0.4, 0.5) is 4.79 Å². The van der Waals surface area contributed by atoms with Crippen LogP contribution in [-0.2, 0) is 9.47 Å². The number of hydrogen-bond donors (Lipinski definition) is 1. The van der Waals surface area contributed by atoms with E-state index < -0.39 is 17.9 Å². The Morgan fingerprint density at radius 2 is 2.05 bits per heavy atom. The van der Waals surface area contributed by atoms with Crippen molar-refractivity contribution in [2.24, 2.45) is 5.92 Å². The van der Waals surface area contributed by atoms with Crippen molar-refractivity contribution >= 4 is 23.2 Å². The molecule has 0 unspecified atom stereocenters. The number of alkyl carbamates (subject to hydrolysis) is 1. The van der Waals surface area contributed by atoms with Gasteiger partial charge in [0, 0.05) is 19.4 Å². The molecule has 5 nitrogen and oxygen atoms in total. The fourth-order valence-corrected chi connectivity index (χ4v) is 2.47. The number of Topliss-reactive ketones (excluding diaryl/α,β-unsaturated/α-hetero) is 1. The van der Waals surface area contributed by atoms with Crippen LogP contribution in [0.5, 0.6) is 0 Å². The van der Waals surface area contributed by atoms with Crippen molar-refractivity contribution < 1.29 is 19.1 Å². The Kier molecular flexibility index (Phi) is 6.36. The standard InChI is InChI=1S/C15H23NO4S/c1-10(9-11(17)12-7-6-8-21-12)13(19-5)16-14(18)20-15(2,3)4/h6-8,10,13H,9H2,1-5H3,(H,16,18)/t10-,13+/m1/s1. The predicted octanol–water partition coefficient (Wildman–Crippen LogP) is 3.45. The molecule has 0 fully saturated rings. The Morgan fingerprint density at radius 1 is 1.38 bits per heavy atom. The summed E-state index contributed by atoms with van der Waals surface area (Å²) in [6.45, 7) is 7.23. The number of nitrogens with one attached hydrogen (secondary N) is 1. The fourth-order valence-electron chi connectivity index (χ4n) is 1.79. The summed E-state index contributed by atoms with van der Waals surface area (Å²) in [6, 6.07) is 3.64. The average Bonchev–Trinajstić information content (AvgIpc) is 2.87. The highest BCUT2D eigenvalue weighted by Crippen LogP contribution is 2.18. The fraction of sp³-hybridized carbons (Fsp3) is 0.600. The molecule has 2 atom stereocenters. The van der Waals surface area contributed by atoms with Gasteiger partial charge in [0.05, 0.1) is 4.88 Å². The van der Waals surface area contributed by atoms with Gasteiger partial charge in [-0.3, -0.25) is 10.1 Å². The zero-order valence-corrected chi connectivity index (χ0v) is 14.0. The maximum atomic E-state index is 12.1. The summed E-state index contributed by atoms with van der Waals surface area (Å²) in [6.07, 6.45) is -0.817. The van der Waals surface area contributed by atoms with Crippen LogP contribution in [0.2, 0.25) is 0 Å². The molecule has 1 aromatic heterocycles. The third kappa shape index (κ3) is 6.27. The first-order chi connectivity index (χ1) is 9.73. The molecule has 1 heterocycles. The van der Waals surface area contributed by atoms with E-state index in [9.17, 15) is 9.59 Å². The molecule has 0 saturated carbocycles. The van der Waals surface area contributed by atoms with E-state index in [-0.39, 0.29) is 11.7 Å². The number of carbonyl (C=O) groups excluding carboxylic acids is 2. The molecule has 1 aromatic rings. The number of thiophene rings is 1. The highest BCUT2D eigenvalue weighted by Gasteiger charge is 2.25. The second kappa shape index (κ2) is 7.56. The van der Waals surface area contributed by atoms with Crippen molar-refractivity contribution in [2.75, 3.05) is 7.11 Å². The van der Waals surface area contributed by atoms with Crippen molar-refractivity contribution in [3.63, 3.8) is 0 Å². The third-order valence-corrected chi connectivity index (χ3v) is 3.64. The van der Waals surface area contributed by atoms with E-state index in [1.54, 1.807) is 26.8 Å². The number of ether oxygens (including phenoxy) is 2. The van der Waals surface area contributed by atoms with Crippen LogP contribution in [0.15, 0.2) is 17.5 Å². The Morgan fingerprint density at radius 3 is 2.52 bits per heavy atom. The number of amides is 1. The van der Waals surface area contributed by atoms with Gasteiger partial charge >= 0.3 is 6.09 Å². The van der Waals surface area contributed by atoms with Crippen LogP contribution in [0.3, 0.4) is 0 Å². The van der Waals surface area contributed by atoms with Gasteiger partial charge in [0.25, 0.3) is 0 Å². The summed E-state index contributed by atoms with van der Waals surface area (Å²) < 4.78 is 10.4. The first-order valence-corrected chi connectivity index (χ1v) is 7.70. The summed E-state index contributed by atoms with van der Waals surface area (Å²) in [5.74, 6) is -0.109. The van der Waals surface area contributed by atoms with E-state index in [1.807, 2.05) is 18.4 Å². The van der Waals surface area contributed by atoms with E-state index in [0.29, 0.717) is 11.3 Å². The lowest BCUT2D eigenvalue weighted by molar-refractivity contribution is 0.00385. The van der Waals surface area contributed by atoms with Gasteiger partial charge in [0.1, 0.15) is 11.8 Å². The summed E-state index contributed by atoms with van der Waals surface area (Å²) in [5, 5.41) is 4.51. The summed E-state index contributed by atoms with van der Waals surface area (Å²) >= 11 is 1.41. The van der Waals surface area contributed by atoms with E-state index in [0.717, 1.165) is 0 Å². The molecule has 1 amide bonds. The maximum absolute atomic E-state index is 12.1. The molecule has 0 aliphatic carbocycles. The van der Waals surface area contributed by atoms with Gasteiger partial charge in [-0.05, 0) is 32.2 Å². The summed E-state index contributed by atoms with van der Waals surface area (Å²) in [5.41, 5.74) is -0.571. The summed E-state index contributed by atoms with van der Waals surface area (Å²) in [4.78, 5) is 24.5. The number of ketones is 1. The number of carbonyl (C=O) groups is 2. The minimum Gasteiger partial charge on any atom is -0.444 e. The van der Waals surface area contributed by atoms with E-state index in [4.69, 9.17) is 9.47 Å². The lowest BCUT2D eigenvalue weighted by Crippen LogP contribution is -2.43. The summed E-state index contributed by atoms with van der Waals surface area (Å²) in [7, 11) is 1.49. The molecule has 0 radical (unpaired) electrons. The van der Waals surface area contributed by atoms with Crippen LogP contribution < -0.4 is 5.32 Å². The first-order valence-electron chi connectivity index (χ1n) is 6.82. The van der Waals surface area contributed by atoms with Crippen molar-refractivity contribution in [1.82, 2.24) is 5.32 Å². The van der Waals surface area contributed by atoms with Gasteiger partial charge in [-0.1, -0.05) is 13.0 Å². The average molecular weight is 313 g/mol. The smallest absolute Gasteiger partial charge is 0.409 e. The molecule has 118 valence electrons. The van der Waals surface area contributed by atoms with Crippen molar-refractivity contribution in [3.05, 3.63) is 22.4 Å². The molecule has 21 heavy (non-hydrogen) atoms. The maximum Gasteiger partial charge on any atom is 0.409 e. The van der Waals surface area contributed by atoms with Gasteiger partial charge in [-0.15, -0.1) is 11.3 Å². The molecule has 1 rings (SSSR count). The van der Waals surface area contributed by atoms with Crippen molar-refractivity contribution in [2.45, 2.75) is 45.9 Å². The van der Waals surface area contributed by atoms with Crippen LogP contribution in [-0.4, -0.2) is 30.8 Å². The monoisotopic (exact) mass is 313 g/mol. The van der Waals surface area contributed by atoms with E-state index in [2.05, 4.69) is 5.32 Å². The number of rotatable bonds is 6. The molecule has 0 bridgehead atoms. The Balaban J connectivity index is 2.55. The van der Waals surface area contributed by atoms with Crippen LogP contribution in [0.1, 0.15) is 43.8 Å². The SMILES string of the molecule is CO[C@H](NC(=O)OC(C)(C)C)[C@H](C)CC(=O)c1cccs1. The lowest BCUT2D eigenvalue weighted by Gasteiger charge is -2.26. The van der Waals surface area contributed by atoms with Crippen LogP contribution >= 0.6 is 11.3 Å². The zero-order chi connectivity index (χ0) is 16.0. The molecule has 1 N–H and O–H groups in total. The van der Waals surface area contributed by atoms with Crippen LogP contribution in [0.25, 0.3) is 0 Å². The number of methoxy groups -OCH3 is 1. The highest BCUT2D eigenvalue weighted by atomic mass is 32.1. The molecule has 0 aliphatic heterocycles. The molecular weight excluding hydrogens is 290 g/mol. The van der Waals surface area contributed by atoms with E-state index in [1.165, 1.54) is 18.4 Å². The molecule has 0 aliphatic rings. The third-order valence-electron chi connectivity index (χ3n) is 2.73. The van der Waals surface area contributed by atoms with Gasteiger partial charge in [0.15, 0.2) is 5.78 Å². The zero-order valence-electron chi connectivity index (χ0n) is 13.1. The van der Waals surface area contributed by atoms with Crippen molar-refractivity contribution in [1.29, 1.82) is 0 Å². The van der Waals surface area contributed by atoms with E-state index >= 15 is 0 Å². The van der Waals surface area contributed by atoms with Gasteiger partial charge < -0.3 is 9.47 Å². The molecule has 0 spiro atoms. The largest absolute Gasteiger partial charge is 0.444 e. The minimum atomic E-state index is -0.571. The Labute approximate surface area is 129 Å². The lowest BCUT2D eigenvalue weighted by atomic mass is 10.0. The quantitative estimate of drug-likeness (QED) is 0.645. The normalized spacial score (nSPS) is 14.3. The Bertz CT molecular complexity index is 465. The molecule has 6 heteroatoms. The topological polar surface area (TPSA) is 64.6 Å². The minimum absolute atomic E-state index is 0.0468. The first kappa shape index (κ1) is 17.7. The predicted molar refractivity (Wildman–Crippen MR) is 82.6 cm³/mol. The number of hydrogen-bond acceptors (Lipinski definition) is 5. The molecular formula is C15H23NO4S. The molecule has 0 saturated heterocycles. The van der Waals surface area contributed by atoms with Gasteiger partial charge in [-0.25, -0.2) is 4.79 Å². The van der Waals surface area contributed by atoms with Gasteiger partial charge in [-0.2, -0.15) is 0 Å². The van der Waals surface area contributed by atoms with Crippen LogP contribution in [0, 0.1) is 5.92 Å². The Hall–Kier alpha value is -1.40. The second-order valence-corrected chi connectivity index (χ2v) is 6.83. The highest BCUT2D eigenvalue weighted by molar-refractivity contribution is 7.12. The van der Waals surface area contributed by atoms with Crippen molar-refractivity contribution in [3.8, 4) is 0 Å².